The molecule has 1 aliphatic heterocycles. The van der Waals surface area contributed by atoms with Crippen LogP contribution in [0.15, 0.2) is 0 Å². The highest BCUT2D eigenvalue weighted by Crippen LogP contribution is 2.14. The third-order valence-corrected chi connectivity index (χ3v) is 4.54. The SMILES string of the molecule is CCCCC(CC)COC(=O)CC[C@@H]1NC(=O)[C@H](C(C)C)NC1=O. The molecule has 2 amide bonds. The fourth-order valence-corrected chi connectivity index (χ4v) is 2.76. The molecule has 1 unspecified atom stereocenters. The van der Waals surface area contributed by atoms with Gasteiger partial charge in [0, 0.05) is 6.42 Å². The van der Waals surface area contributed by atoms with E-state index < -0.39 is 12.1 Å². The maximum atomic E-state index is 12.0. The minimum atomic E-state index is -0.651. The lowest BCUT2D eigenvalue weighted by atomic mass is 9.98. The van der Waals surface area contributed by atoms with Gasteiger partial charge in [0.05, 0.1) is 6.61 Å². The van der Waals surface area contributed by atoms with E-state index in [4.69, 9.17) is 4.74 Å². The van der Waals surface area contributed by atoms with E-state index in [1.54, 1.807) is 0 Å². The van der Waals surface area contributed by atoms with Crippen molar-refractivity contribution in [2.75, 3.05) is 6.61 Å². The zero-order valence-electron chi connectivity index (χ0n) is 15.4. The fourth-order valence-electron chi connectivity index (χ4n) is 2.76. The van der Waals surface area contributed by atoms with Gasteiger partial charge in [0.15, 0.2) is 0 Å². The highest BCUT2D eigenvalue weighted by atomic mass is 16.5. The molecule has 1 aliphatic rings. The van der Waals surface area contributed by atoms with Gasteiger partial charge in [-0.05, 0) is 24.7 Å². The van der Waals surface area contributed by atoms with Crippen molar-refractivity contribution >= 4 is 17.8 Å². The predicted octanol–water partition coefficient (Wildman–Crippen LogP) is 2.17. The first-order valence-corrected chi connectivity index (χ1v) is 9.15. The standard InChI is InChI=1S/C18H32N2O4/c1-5-7-8-13(6-2)11-24-15(21)10-9-14-17(22)20-16(12(3)4)18(23)19-14/h12-14,16H,5-11H2,1-4H3,(H,19,23)(H,20,22)/t13?,14-,16-/m0/s1. The van der Waals surface area contributed by atoms with E-state index in [0.29, 0.717) is 12.5 Å². The molecular weight excluding hydrogens is 308 g/mol. The third kappa shape index (κ3) is 6.49. The summed E-state index contributed by atoms with van der Waals surface area (Å²) in [5.41, 5.74) is 0. The largest absolute Gasteiger partial charge is 0.465 e. The Morgan fingerprint density at radius 1 is 1.17 bits per heavy atom. The second-order valence-corrected chi connectivity index (χ2v) is 6.93. The molecule has 0 aromatic carbocycles. The molecule has 0 aromatic rings. The topological polar surface area (TPSA) is 84.5 Å². The lowest BCUT2D eigenvalue weighted by Gasteiger charge is -2.31. The van der Waals surface area contributed by atoms with Crippen LogP contribution in [0.1, 0.15) is 66.2 Å². The number of esters is 1. The van der Waals surface area contributed by atoms with Crippen molar-refractivity contribution in [1.29, 1.82) is 0 Å². The van der Waals surface area contributed by atoms with Crippen molar-refractivity contribution in [3.05, 3.63) is 0 Å². The number of hydrogen-bond acceptors (Lipinski definition) is 4. The van der Waals surface area contributed by atoms with Crippen LogP contribution in [0.25, 0.3) is 0 Å². The van der Waals surface area contributed by atoms with E-state index in [9.17, 15) is 14.4 Å². The maximum absolute atomic E-state index is 12.0. The first-order chi connectivity index (χ1) is 11.4. The Balaban J connectivity index is 2.34. The number of carbonyl (C=O) groups excluding carboxylic acids is 3. The highest BCUT2D eigenvalue weighted by molar-refractivity contribution is 5.97. The molecule has 0 saturated carbocycles. The van der Waals surface area contributed by atoms with Crippen LogP contribution < -0.4 is 10.6 Å². The quantitative estimate of drug-likeness (QED) is 0.597. The maximum Gasteiger partial charge on any atom is 0.305 e. The van der Waals surface area contributed by atoms with Crippen LogP contribution in [0.5, 0.6) is 0 Å². The van der Waals surface area contributed by atoms with Crippen molar-refractivity contribution in [3.8, 4) is 0 Å². The minimum absolute atomic E-state index is 0.0361. The highest BCUT2D eigenvalue weighted by Gasteiger charge is 2.35. The van der Waals surface area contributed by atoms with Gasteiger partial charge in [-0.25, -0.2) is 0 Å². The van der Waals surface area contributed by atoms with Crippen LogP contribution >= 0.6 is 0 Å². The molecule has 138 valence electrons. The molecule has 1 heterocycles. The summed E-state index contributed by atoms with van der Waals surface area (Å²) in [6.45, 7) is 8.44. The molecule has 1 fully saturated rings. The first kappa shape index (κ1) is 20.5. The van der Waals surface area contributed by atoms with Crippen molar-refractivity contribution in [2.45, 2.75) is 78.3 Å². The number of piperazine rings is 1. The smallest absolute Gasteiger partial charge is 0.305 e. The fraction of sp³-hybridized carbons (Fsp3) is 0.833. The summed E-state index contributed by atoms with van der Waals surface area (Å²) in [4.78, 5) is 35.8. The Morgan fingerprint density at radius 3 is 2.46 bits per heavy atom. The summed E-state index contributed by atoms with van der Waals surface area (Å²) in [6.07, 6.45) is 4.74. The molecular formula is C18H32N2O4. The second-order valence-electron chi connectivity index (χ2n) is 6.93. The van der Waals surface area contributed by atoms with Gasteiger partial charge < -0.3 is 15.4 Å². The van der Waals surface area contributed by atoms with E-state index in [-0.39, 0.29) is 36.5 Å². The van der Waals surface area contributed by atoms with E-state index in [2.05, 4.69) is 24.5 Å². The third-order valence-electron chi connectivity index (χ3n) is 4.54. The molecule has 6 heteroatoms. The molecule has 0 aliphatic carbocycles. The summed E-state index contributed by atoms with van der Waals surface area (Å²) in [5, 5.41) is 5.42. The molecule has 0 aromatic heterocycles. The van der Waals surface area contributed by atoms with Crippen LogP contribution in [0.3, 0.4) is 0 Å². The molecule has 0 bridgehead atoms. The van der Waals surface area contributed by atoms with Crippen molar-refractivity contribution in [1.82, 2.24) is 10.6 Å². The van der Waals surface area contributed by atoms with E-state index in [0.717, 1.165) is 25.7 Å². The van der Waals surface area contributed by atoms with Crippen LogP contribution in [0.2, 0.25) is 0 Å². The molecule has 3 atom stereocenters. The monoisotopic (exact) mass is 340 g/mol. The van der Waals surface area contributed by atoms with Gasteiger partial charge in [0.2, 0.25) is 11.8 Å². The molecule has 24 heavy (non-hydrogen) atoms. The van der Waals surface area contributed by atoms with Gasteiger partial charge in [-0.3, -0.25) is 14.4 Å². The zero-order chi connectivity index (χ0) is 18.1. The minimum Gasteiger partial charge on any atom is -0.465 e. The molecule has 0 radical (unpaired) electrons. The predicted molar refractivity (Wildman–Crippen MR) is 92.2 cm³/mol. The number of ether oxygens (including phenoxy) is 1. The Bertz CT molecular complexity index is 437. The summed E-state index contributed by atoms with van der Waals surface area (Å²) in [6, 6.07) is -1.15. The van der Waals surface area contributed by atoms with E-state index in [1.165, 1.54) is 0 Å². The Morgan fingerprint density at radius 2 is 1.88 bits per heavy atom. The first-order valence-electron chi connectivity index (χ1n) is 9.15. The van der Waals surface area contributed by atoms with Crippen molar-refractivity contribution < 1.29 is 19.1 Å². The second kappa shape index (κ2) is 10.3. The van der Waals surface area contributed by atoms with Crippen molar-refractivity contribution in [3.63, 3.8) is 0 Å². The molecule has 1 saturated heterocycles. The average Bonchev–Trinajstić information content (AvgIpc) is 2.55. The summed E-state index contributed by atoms with van der Waals surface area (Å²) < 4.78 is 5.32. The summed E-state index contributed by atoms with van der Waals surface area (Å²) in [5.74, 6) is -0.283. The van der Waals surface area contributed by atoms with Crippen molar-refractivity contribution in [2.24, 2.45) is 11.8 Å². The number of unbranched alkanes of at least 4 members (excludes halogenated alkanes) is 1. The van der Waals surface area contributed by atoms with Gasteiger partial charge in [-0.2, -0.15) is 0 Å². The Kier molecular flexibility index (Phi) is 8.79. The Labute approximate surface area is 145 Å². The lowest BCUT2D eigenvalue weighted by Crippen LogP contribution is -2.63. The molecule has 0 spiro atoms. The number of amides is 2. The Hall–Kier alpha value is -1.59. The average molecular weight is 340 g/mol. The molecule has 2 N–H and O–H groups in total. The lowest BCUT2D eigenvalue weighted by molar-refractivity contribution is -0.146. The van der Waals surface area contributed by atoms with E-state index >= 15 is 0 Å². The van der Waals surface area contributed by atoms with Crippen LogP contribution in [0, 0.1) is 11.8 Å². The van der Waals surface area contributed by atoms with Crippen LogP contribution in [-0.2, 0) is 19.1 Å². The number of rotatable bonds is 10. The van der Waals surface area contributed by atoms with Gasteiger partial charge in [0.25, 0.3) is 0 Å². The van der Waals surface area contributed by atoms with Crippen LogP contribution in [-0.4, -0.2) is 36.5 Å². The van der Waals surface area contributed by atoms with E-state index in [1.807, 2.05) is 13.8 Å². The zero-order valence-corrected chi connectivity index (χ0v) is 15.4. The summed E-state index contributed by atoms with van der Waals surface area (Å²) >= 11 is 0. The number of nitrogens with one attached hydrogen (secondary N) is 2. The van der Waals surface area contributed by atoms with Gasteiger partial charge in [-0.15, -0.1) is 0 Å². The van der Waals surface area contributed by atoms with Crippen LogP contribution in [0.4, 0.5) is 0 Å². The number of carbonyl (C=O) groups is 3. The van der Waals surface area contributed by atoms with Gasteiger partial charge in [-0.1, -0.05) is 47.0 Å². The normalized spacial score (nSPS) is 22.0. The molecule has 6 nitrogen and oxygen atoms in total. The summed E-state index contributed by atoms with van der Waals surface area (Å²) in [7, 11) is 0. The molecule has 1 rings (SSSR count). The van der Waals surface area contributed by atoms with Gasteiger partial charge in [0.1, 0.15) is 12.1 Å². The number of hydrogen-bond donors (Lipinski definition) is 2. The van der Waals surface area contributed by atoms with Gasteiger partial charge >= 0.3 is 5.97 Å².